The van der Waals surface area contributed by atoms with E-state index in [4.69, 9.17) is 51.2 Å². The molecule has 0 radical (unpaired) electrons. The zero-order valence-corrected chi connectivity index (χ0v) is 43.5. The van der Waals surface area contributed by atoms with Crippen molar-refractivity contribution in [3.63, 3.8) is 0 Å². The molecule has 0 fully saturated rings. The lowest BCUT2D eigenvalue weighted by atomic mass is 11.8. The first-order chi connectivity index (χ1) is 17.0. The van der Waals surface area contributed by atoms with Crippen molar-refractivity contribution in [1.82, 2.24) is 0 Å². The van der Waals surface area contributed by atoms with Gasteiger partial charge in [0.25, 0.3) is 0 Å². The molecule has 30 heteroatoms. The quantitative estimate of drug-likeness (QED) is 0.135. The minimum absolute atomic E-state index is 0.508. The van der Waals surface area contributed by atoms with Crippen LogP contribution in [-0.4, -0.2) is 175 Å². The molecule has 16 nitrogen and oxygen atoms in total. The average molecular weight is 762 g/mol. The molecule has 0 N–H and O–H groups in total. The van der Waals surface area contributed by atoms with Gasteiger partial charge in [0.05, 0.1) is 0 Å². The normalized spacial score (nSPS) is 14.6. The molecule has 0 bridgehead atoms. The van der Waals surface area contributed by atoms with Crippen LogP contribution in [0.3, 0.4) is 0 Å². The molecule has 0 amide bonds. The molecule has 0 aromatic rings. The van der Waals surface area contributed by atoms with E-state index in [1.165, 1.54) is 42.7 Å². The molecule has 0 unspecified atom stereocenters. The van der Waals surface area contributed by atoms with Gasteiger partial charge in [0, 0.05) is 42.7 Å². The molecule has 0 aliphatic heterocycles. The zero-order chi connectivity index (χ0) is 29.3. The van der Waals surface area contributed by atoms with Crippen LogP contribution in [0, 0.1) is 0 Å². The van der Waals surface area contributed by atoms with Crippen LogP contribution < -0.4 is 0 Å². The van der Waals surface area contributed by atoms with Crippen molar-refractivity contribution < 1.29 is 69.1 Å². The Morgan fingerprint density at radius 2 is 0.556 bits per heavy atom. The predicted octanol–water partition coefficient (Wildman–Crippen LogP) is -11.5. The first-order valence-corrected chi connectivity index (χ1v) is 30.4. The van der Waals surface area contributed by atoms with Gasteiger partial charge >= 0.3 is 69.0 Å². The van der Waals surface area contributed by atoms with Crippen molar-refractivity contribution in [3.8, 4) is 0 Å². The van der Waals surface area contributed by atoms with Crippen LogP contribution in [0.25, 0.3) is 0 Å². The van der Waals surface area contributed by atoms with Gasteiger partial charge < -0.3 is 69.1 Å². The standard InChI is InChI=1S/C3H10O4Si2.C2H10O4Si3.CH10O4Si4.H10O4Si5/c1-5-9(6-2,7-3)8-4;1-4-9(5-2,6-7)8-3;1-3-9(4-6,5-7)8-2;1-8-9(2-5,3-6)4-7/h8H,1-3H3;8H,1-2,7H3;8H,1,6-7H3;8H,5-7H3. The summed E-state index contributed by atoms with van der Waals surface area (Å²) in [5.74, 6) is 0. The van der Waals surface area contributed by atoms with Gasteiger partial charge in [-0.3, -0.25) is 0 Å². The van der Waals surface area contributed by atoms with Crippen LogP contribution in [0.2, 0.25) is 0 Å². The molecule has 0 saturated heterocycles. The fourth-order valence-electron chi connectivity index (χ4n) is 1.58. The van der Waals surface area contributed by atoms with E-state index in [9.17, 15) is 17.8 Å². The van der Waals surface area contributed by atoms with Crippen LogP contribution in [-0.2, 0) is 69.1 Å². The minimum atomic E-state index is -2.66. The average Bonchev–Trinajstić information content (AvgIpc) is 2.96. The van der Waals surface area contributed by atoms with Crippen LogP contribution in [0.4, 0.5) is 0 Å². The highest BCUT2D eigenvalue weighted by atomic mass is 29.2. The van der Waals surface area contributed by atoms with E-state index < -0.39 is 69.0 Å². The zero-order valence-electron chi connectivity index (χ0n) is 22.8. The van der Waals surface area contributed by atoms with Crippen LogP contribution in [0.1, 0.15) is 0 Å². The summed E-state index contributed by atoms with van der Waals surface area (Å²) in [4.78, 5) is 0. The van der Waals surface area contributed by atoms with E-state index in [2.05, 4.69) is 0 Å². The maximum atomic E-state index is 10.5. The Morgan fingerprint density at radius 3 is 0.556 bits per heavy atom. The van der Waals surface area contributed by atoms with Gasteiger partial charge in [-0.25, -0.2) is 0 Å². The summed E-state index contributed by atoms with van der Waals surface area (Å²) in [5, 5.41) is 0. The number of hydrogen-bond acceptors (Lipinski definition) is 16. The maximum absolute atomic E-state index is 10.5. The summed E-state index contributed by atoms with van der Waals surface area (Å²) in [5.41, 5.74) is 0. The van der Waals surface area contributed by atoms with Crippen LogP contribution in [0.15, 0.2) is 0 Å². The van der Waals surface area contributed by atoms with Gasteiger partial charge in [0.2, 0.25) is 0 Å². The smallest absolute Gasteiger partial charge is 0.424 e. The van der Waals surface area contributed by atoms with E-state index in [0.29, 0.717) is 62.9 Å². The number of rotatable bonds is 16. The van der Waals surface area contributed by atoms with E-state index in [-0.39, 0.29) is 0 Å². The molecule has 0 atom stereocenters. The summed E-state index contributed by atoms with van der Waals surface area (Å²) >= 11 is 0. The molecule has 0 aliphatic rings. The van der Waals surface area contributed by atoms with E-state index in [0.717, 1.165) is 0 Å². The fraction of sp³-hybridized carbons (Fsp3) is 1.00. The molecule has 0 rings (SSSR count). The third-order valence-corrected chi connectivity index (χ3v) is 42.7. The SMILES string of the molecule is CO[Si](OC)(OC)[SiH]=O.CO[Si](OC)(O[SiH3])[SiH]=O.CO[Si](O[SiH3])(O[SiH3])[SiH]=O.O=[SiH][Si](O[SiH3])(O[SiH3])O[SiH3]. The van der Waals surface area contributed by atoms with Crippen molar-refractivity contribution in [3.05, 3.63) is 0 Å². The third kappa shape index (κ3) is 17.4. The van der Waals surface area contributed by atoms with Crippen LogP contribution in [0.5, 0.6) is 0 Å². The lowest BCUT2D eigenvalue weighted by Crippen LogP contribution is -2.47. The second-order valence-corrected chi connectivity index (χ2v) is 34.7. The second-order valence-electron chi connectivity index (χ2n) is 5.34. The fourth-order valence-corrected chi connectivity index (χ4v) is 23.4. The maximum Gasteiger partial charge on any atom is 0.537 e. The summed E-state index contributed by atoms with van der Waals surface area (Å²) in [6.45, 7) is 0. The monoisotopic (exact) mass is 760 g/mol. The van der Waals surface area contributed by atoms with Crippen molar-refractivity contribution in [1.29, 1.82) is 0 Å². The van der Waals surface area contributed by atoms with E-state index in [1.54, 1.807) is 0 Å². The van der Waals surface area contributed by atoms with E-state index in [1.807, 2.05) is 0 Å². The topological polar surface area (TPSA) is 179 Å². The molecule has 36 heavy (non-hydrogen) atoms. The highest BCUT2D eigenvalue weighted by molar-refractivity contribution is 7.11. The van der Waals surface area contributed by atoms with Gasteiger partial charge in [-0.2, -0.15) is 0 Å². The minimum Gasteiger partial charge on any atom is -0.424 e. The molecule has 0 aromatic carbocycles. The van der Waals surface area contributed by atoms with E-state index >= 15 is 0 Å². The Hall–Kier alpha value is 1.76. The molecule has 0 heterocycles. The largest absolute Gasteiger partial charge is 0.537 e. The van der Waals surface area contributed by atoms with Gasteiger partial charge in [0.1, 0.15) is 62.9 Å². The Kier molecular flexibility index (Phi) is 33.5. The van der Waals surface area contributed by atoms with Gasteiger partial charge in [-0.05, 0) is 0 Å². The van der Waals surface area contributed by atoms with Gasteiger partial charge in [-0.1, -0.05) is 0 Å². The third-order valence-electron chi connectivity index (χ3n) is 3.99. The van der Waals surface area contributed by atoms with Crippen molar-refractivity contribution in [2.75, 3.05) is 42.7 Å². The summed E-state index contributed by atoms with van der Waals surface area (Å²) in [6, 6.07) is 0. The Balaban J connectivity index is -0.000000190. The van der Waals surface area contributed by atoms with Gasteiger partial charge in [-0.15, -0.1) is 0 Å². The first kappa shape index (κ1) is 44.8. The highest BCUT2D eigenvalue weighted by Gasteiger charge is 2.38. The van der Waals surface area contributed by atoms with Crippen LogP contribution >= 0.6 is 0 Å². The molecular weight excluding hydrogens is 721 g/mol. The summed E-state index contributed by atoms with van der Waals surface area (Å²) in [6.07, 6.45) is 0. The predicted molar refractivity (Wildman–Crippen MR) is 163 cm³/mol. The van der Waals surface area contributed by atoms with Crippen molar-refractivity contribution >= 4 is 132 Å². The molecule has 0 saturated carbocycles. The molecule has 0 aromatic heterocycles. The summed E-state index contributed by atoms with van der Waals surface area (Å²) < 4.78 is 101. The molecule has 0 spiro atoms. The first-order valence-electron chi connectivity index (χ1n) is 9.45. The Labute approximate surface area is 242 Å². The lowest BCUT2D eigenvalue weighted by molar-refractivity contribution is 0.146. The van der Waals surface area contributed by atoms with Crippen molar-refractivity contribution in [2.24, 2.45) is 0 Å². The van der Waals surface area contributed by atoms with Gasteiger partial charge in [0.15, 0.2) is 0 Å². The number of hydrogen-bond donors (Lipinski definition) is 0. The molecule has 0 aliphatic carbocycles. The Bertz CT molecular complexity index is 428. The highest BCUT2D eigenvalue weighted by Crippen LogP contribution is 2.00. The second kappa shape index (κ2) is 27.0. The molecular formula is C6H40O16Si14. The van der Waals surface area contributed by atoms with Crippen molar-refractivity contribution in [2.45, 2.75) is 0 Å². The molecule has 216 valence electrons. The Morgan fingerprint density at radius 1 is 0.361 bits per heavy atom. The summed E-state index contributed by atoms with van der Waals surface area (Å²) in [7, 11) is -2.59. The lowest BCUT2D eigenvalue weighted by Gasteiger charge is -2.19.